The van der Waals surface area contributed by atoms with Gasteiger partial charge in [-0.05, 0) is 17.7 Å². The van der Waals surface area contributed by atoms with Crippen LogP contribution >= 0.6 is 0 Å². The van der Waals surface area contributed by atoms with Crippen LogP contribution in [0.1, 0.15) is 5.56 Å². The SMILES string of the molecule is O=c1[nH]cnc2c1cc1nc3ccccc3c-1n2Cc1ccccc1. The molecule has 0 radical (unpaired) electrons. The van der Waals surface area contributed by atoms with E-state index in [2.05, 4.69) is 32.7 Å². The van der Waals surface area contributed by atoms with Crippen LogP contribution in [-0.2, 0) is 6.54 Å². The van der Waals surface area contributed by atoms with Crippen LogP contribution in [0.2, 0.25) is 0 Å². The molecule has 1 N–H and O–H groups in total. The third kappa shape index (κ3) is 2.13. The summed E-state index contributed by atoms with van der Waals surface area (Å²) in [4.78, 5) is 24.1. The third-order valence-corrected chi connectivity index (χ3v) is 4.50. The number of benzene rings is 2. The van der Waals surface area contributed by atoms with Gasteiger partial charge in [-0.25, -0.2) is 9.97 Å². The minimum Gasteiger partial charge on any atom is -0.319 e. The monoisotopic (exact) mass is 326 g/mol. The smallest absolute Gasteiger partial charge is 0.260 e. The molecule has 1 aromatic heterocycles. The van der Waals surface area contributed by atoms with Gasteiger partial charge in [0.1, 0.15) is 5.65 Å². The molecule has 3 aromatic rings. The minimum atomic E-state index is -0.152. The van der Waals surface area contributed by atoms with E-state index >= 15 is 0 Å². The van der Waals surface area contributed by atoms with E-state index in [0.717, 1.165) is 27.9 Å². The predicted molar refractivity (Wildman–Crippen MR) is 97.8 cm³/mol. The summed E-state index contributed by atoms with van der Waals surface area (Å²) in [5.74, 6) is 0. The Morgan fingerprint density at radius 2 is 1.76 bits per heavy atom. The molecule has 0 fully saturated rings. The maximum Gasteiger partial charge on any atom is 0.260 e. The molecule has 0 saturated carbocycles. The highest BCUT2D eigenvalue weighted by molar-refractivity contribution is 5.99. The first-order chi connectivity index (χ1) is 12.3. The minimum absolute atomic E-state index is 0.152. The summed E-state index contributed by atoms with van der Waals surface area (Å²) in [7, 11) is 0. The van der Waals surface area contributed by atoms with Crippen molar-refractivity contribution in [2.75, 3.05) is 0 Å². The largest absolute Gasteiger partial charge is 0.319 e. The average Bonchev–Trinajstić information content (AvgIpc) is 3.02. The van der Waals surface area contributed by atoms with Crippen LogP contribution in [0, 0.1) is 0 Å². The number of fused-ring (bicyclic) bond motifs is 4. The molecule has 120 valence electrons. The molecule has 0 atom stereocenters. The van der Waals surface area contributed by atoms with Gasteiger partial charge in [0, 0.05) is 11.9 Å². The number of pyridine rings is 1. The van der Waals surface area contributed by atoms with E-state index in [1.807, 2.05) is 42.5 Å². The number of hydrogen-bond acceptors (Lipinski definition) is 3. The number of nitrogens with one attached hydrogen (secondary N) is 1. The van der Waals surface area contributed by atoms with Crippen LogP contribution in [-0.4, -0.2) is 19.5 Å². The van der Waals surface area contributed by atoms with Crippen molar-refractivity contribution in [2.45, 2.75) is 6.54 Å². The van der Waals surface area contributed by atoms with Gasteiger partial charge in [0.15, 0.2) is 0 Å². The lowest BCUT2D eigenvalue weighted by Gasteiger charge is -2.15. The number of aromatic amines is 1. The molecule has 2 aliphatic rings. The van der Waals surface area contributed by atoms with Gasteiger partial charge in [0.25, 0.3) is 5.56 Å². The molecular formula is C20H14N4O. The first-order valence-corrected chi connectivity index (χ1v) is 8.10. The normalized spacial score (nSPS) is 11.5. The number of hydrogen-bond donors (Lipinski definition) is 1. The Balaban J connectivity index is 1.93. The first-order valence-electron chi connectivity index (χ1n) is 8.10. The quantitative estimate of drug-likeness (QED) is 0.540. The van der Waals surface area contributed by atoms with E-state index in [4.69, 9.17) is 4.98 Å². The zero-order valence-electron chi connectivity index (χ0n) is 13.3. The first kappa shape index (κ1) is 13.9. The second kappa shape index (κ2) is 5.27. The van der Waals surface area contributed by atoms with Gasteiger partial charge in [0.2, 0.25) is 0 Å². The van der Waals surface area contributed by atoms with E-state index in [1.165, 1.54) is 6.33 Å². The highest BCUT2D eigenvalue weighted by Gasteiger charge is 2.19. The fourth-order valence-corrected chi connectivity index (χ4v) is 3.39. The number of H-pyrrole nitrogens is 1. The van der Waals surface area contributed by atoms with E-state index in [1.54, 1.807) is 0 Å². The van der Waals surface area contributed by atoms with Gasteiger partial charge >= 0.3 is 0 Å². The second-order valence-corrected chi connectivity index (χ2v) is 6.05. The van der Waals surface area contributed by atoms with Crippen LogP contribution in [0.15, 0.2) is 71.8 Å². The fraction of sp³-hybridized carbons (Fsp3) is 0.0500. The molecule has 0 bridgehead atoms. The van der Waals surface area contributed by atoms with Crippen LogP contribution in [0.4, 0.5) is 0 Å². The number of para-hydroxylation sites is 1. The lowest BCUT2D eigenvalue weighted by Crippen LogP contribution is -2.14. The van der Waals surface area contributed by atoms with Crippen LogP contribution < -0.4 is 5.56 Å². The van der Waals surface area contributed by atoms with Crippen molar-refractivity contribution in [3.8, 4) is 11.4 Å². The molecule has 0 unspecified atom stereocenters. The van der Waals surface area contributed by atoms with Crippen molar-refractivity contribution in [3.63, 3.8) is 0 Å². The van der Waals surface area contributed by atoms with Gasteiger partial charge in [-0.3, -0.25) is 4.79 Å². The Labute approximate surface area is 142 Å². The molecular weight excluding hydrogens is 312 g/mol. The van der Waals surface area contributed by atoms with E-state index in [9.17, 15) is 4.79 Å². The summed E-state index contributed by atoms with van der Waals surface area (Å²) < 4.78 is 2.09. The van der Waals surface area contributed by atoms with Gasteiger partial charge in [0.05, 0.1) is 28.6 Å². The second-order valence-electron chi connectivity index (χ2n) is 6.05. The van der Waals surface area contributed by atoms with E-state index < -0.39 is 0 Å². The maximum atomic E-state index is 12.3. The van der Waals surface area contributed by atoms with Gasteiger partial charge in [-0.2, -0.15) is 0 Å². The molecule has 2 aromatic carbocycles. The van der Waals surface area contributed by atoms with E-state index in [0.29, 0.717) is 17.6 Å². The Hall–Kier alpha value is -3.47. The van der Waals surface area contributed by atoms with Crippen molar-refractivity contribution in [1.29, 1.82) is 0 Å². The molecule has 0 amide bonds. The van der Waals surface area contributed by atoms with E-state index in [-0.39, 0.29) is 5.56 Å². The molecule has 5 heteroatoms. The summed E-state index contributed by atoms with van der Waals surface area (Å²) in [5.41, 5.74) is 4.40. The molecule has 0 aliphatic carbocycles. The highest BCUT2D eigenvalue weighted by atomic mass is 16.1. The summed E-state index contributed by atoms with van der Waals surface area (Å²) in [5, 5.41) is 1.62. The Bertz CT molecular complexity index is 1240. The highest BCUT2D eigenvalue weighted by Crippen LogP contribution is 2.33. The van der Waals surface area contributed by atoms with Crippen molar-refractivity contribution < 1.29 is 0 Å². The molecule has 2 aliphatic heterocycles. The standard InChI is InChI=1S/C20H14N4O/c25-20-15-10-17-18(14-8-4-5-9-16(14)23-17)24(19(15)21-12-22-20)11-13-6-2-1-3-7-13/h1-10,12H,11H2,(H,21,22,25). The zero-order valence-corrected chi connectivity index (χ0v) is 13.3. The topological polar surface area (TPSA) is 63.6 Å². The average molecular weight is 326 g/mol. The summed E-state index contributed by atoms with van der Waals surface area (Å²) >= 11 is 0. The molecule has 5 rings (SSSR count). The molecule has 5 nitrogen and oxygen atoms in total. The predicted octanol–water partition coefficient (Wildman–Crippen LogP) is 3.43. The van der Waals surface area contributed by atoms with Crippen molar-refractivity contribution in [1.82, 2.24) is 19.5 Å². The van der Waals surface area contributed by atoms with Crippen LogP contribution in [0.25, 0.3) is 33.3 Å². The summed E-state index contributed by atoms with van der Waals surface area (Å²) in [6, 6.07) is 20.0. The number of aromatic nitrogens is 4. The summed E-state index contributed by atoms with van der Waals surface area (Å²) in [6.45, 7) is 0.626. The molecule has 3 heterocycles. The number of nitrogens with zero attached hydrogens (tertiary/aromatic N) is 3. The maximum absolute atomic E-state index is 12.3. The number of rotatable bonds is 2. The van der Waals surface area contributed by atoms with Gasteiger partial charge < -0.3 is 9.55 Å². The van der Waals surface area contributed by atoms with Crippen molar-refractivity contribution in [3.05, 3.63) is 82.9 Å². The van der Waals surface area contributed by atoms with Gasteiger partial charge in [-0.1, -0.05) is 48.5 Å². The zero-order chi connectivity index (χ0) is 16.8. The molecule has 0 spiro atoms. The van der Waals surface area contributed by atoms with Crippen LogP contribution in [0.5, 0.6) is 0 Å². The van der Waals surface area contributed by atoms with Gasteiger partial charge in [-0.15, -0.1) is 0 Å². The fourth-order valence-electron chi connectivity index (χ4n) is 3.39. The molecule has 0 saturated heterocycles. The Morgan fingerprint density at radius 1 is 0.960 bits per heavy atom. The molecule has 25 heavy (non-hydrogen) atoms. The van der Waals surface area contributed by atoms with Crippen molar-refractivity contribution in [2.24, 2.45) is 0 Å². The lowest BCUT2D eigenvalue weighted by atomic mass is 10.1. The Kier molecular flexibility index (Phi) is 2.94. The third-order valence-electron chi connectivity index (χ3n) is 4.50. The summed E-state index contributed by atoms with van der Waals surface area (Å²) in [6.07, 6.45) is 1.45. The van der Waals surface area contributed by atoms with Crippen molar-refractivity contribution >= 4 is 21.9 Å². The Morgan fingerprint density at radius 3 is 2.64 bits per heavy atom. The van der Waals surface area contributed by atoms with Crippen LogP contribution in [0.3, 0.4) is 0 Å². The lowest BCUT2D eigenvalue weighted by molar-refractivity contribution is 0.822.